The maximum atomic E-state index is 12.8. The van der Waals surface area contributed by atoms with E-state index in [4.69, 9.17) is 27.9 Å². The van der Waals surface area contributed by atoms with Gasteiger partial charge in [0.1, 0.15) is 4.90 Å². The zero-order valence-corrected chi connectivity index (χ0v) is 14.0. The van der Waals surface area contributed by atoms with Gasteiger partial charge in [-0.25, -0.2) is 8.42 Å². The van der Waals surface area contributed by atoms with Crippen molar-refractivity contribution >= 4 is 33.2 Å². The number of sulfonamides is 1. The van der Waals surface area contributed by atoms with Gasteiger partial charge in [-0.1, -0.05) is 23.2 Å². The van der Waals surface area contributed by atoms with Crippen LogP contribution in [0.15, 0.2) is 17.0 Å². The molecule has 1 aromatic carbocycles. The second-order valence-corrected chi connectivity index (χ2v) is 7.77. The molecule has 1 aliphatic rings. The van der Waals surface area contributed by atoms with Crippen molar-refractivity contribution in [3.8, 4) is 0 Å². The summed E-state index contributed by atoms with van der Waals surface area (Å²) in [4.78, 5) is -0.0430. The van der Waals surface area contributed by atoms with E-state index in [0.29, 0.717) is 12.2 Å². The number of halogens is 2. The summed E-state index contributed by atoms with van der Waals surface area (Å²) in [5.74, 6) is 0. The molecule has 0 bridgehead atoms. The van der Waals surface area contributed by atoms with Crippen molar-refractivity contribution in [2.24, 2.45) is 0 Å². The fraction of sp³-hybridized carbons (Fsp3) is 0.538. The number of aliphatic hydroxyl groups is 1. The molecule has 0 radical (unpaired) electrons. The molecule has 21 heavy (non-hydrogen) atoms. The average molecular weight is 354 g/mol. The third kappa shape index (κ3) is 3.36. The molecule has 0 aliphatic carbocycles. The van der Waals surface area contributed by atoms with Gasteiger partial charge in [0.15, 0.2) is 0 Å². The van der Waals surface area contributed by atoms with E-state index < -0.39 is 10.0 Å². The van der Waals surface area contributed by atoms with Crippen LogP contribution < -0.4 is 0 Å². The van der Waals surface area contributed by atoms with E-state index >= 15 is 0 Å². The first-order chi connectivity index (χ1) is 9.77. The molecule has 2 unspecified atom stereocenters. The van der Waals surface area contributed by atoms with E-state index in [1.54, 1.807) is 6.92 Å². The van der Waals surface area contributed by atoms with Gasteiger partial charge in [-0.05, 0) is 31.5 Å². The number of hydrogen-bond acceptors (Lipinski definition) is 4. The number of hydrogen-bond donors (Lipinski definition) is 1. The Morgan fingerprint density at radius 1 is 1.33 bits per heavy atom. The predicted octanol–water partition coefficient (Wildman–Crippen LogP) is 2.28. The van der Waals surface area contributed by atoms with Crippen LogP contribution >= 0.6 is 23.2 Å². The Morgan fingerprint density at radius 2 is 2.00 bits per heavy atom. The number of ether oxygens (including phenoxy) is 1. The first-order valence-electron chi connectivity index (χ1n) is 6.49. The molecular weight excluding hydrogens is 337 g/mol. The summed E-state index contributed by atoms with van der Waals surface area (Å²) in [5.41, 5.74) is 0.327. The van der Waals surface area contributed by atoms with Crippen LogP contribution in [0.2, 0.25) is 10.0 Å². The van der Waals surface area contributed by atoms with E-state index in [-0.39, 0.29) is 40.2 Å². The Morgan fingerprint density at radius 3 is 2.62 bits per heavy atom. The first kappa shape index (κ1) is 17.0. The molecule has 118 valence electrons. The van der Waals surface area contributed by atoms with Gasteiger partial charge in [0, 0.05) is 17.6 Å². The van der Waals surface area contributed by atoms with Crippen molar-refractivity contribution in [1.29, 1.82) is 0 Å². The molecule has 8 heteroatoms. The molecule has 1 aliphatic heterocycles. The van der Waals surface area contributed by atoms with Crippen molar-refractivity contribution in [2.45, 2.75) is 37.5 Å². The fourth-order valence-electron chi connectivity index (χ4n) is 2.22. The Balaban J connectivity index is 2.48. The summed E-state index contributed by atoms with van der Waals surface area (Å²) >= 11 is 12.0. The minimum Gasteiger partial charge on any atom is -0.392 e. The molecular formula is C13H17Cl2NO4S. The molecule has 0 aromatic heterocycles. The lowest BCUT2D eigenvalue weighted by molar-refractivity contribution is -0.0170. The zero-order chi connectivity index (χ0) is 15.8. The third-order valence-electron chi connectivity index (χ3n) is 3.41. The molecule has 1 heterocycles. The summed E-state index contributed by atoms with van der Waals surface area (Å²) in [6.45, 7) is 3.83. The van der Waals surface area contributed by atoms with Crippen LogP contribution in [0.25, 0.3) is 0 Å². The summed E-state index contributed by atoms with van der Waals surface area (Å²) in [5, 5.41) is 9.53. The Labute approximate surface area is 134 Å². The largest absolute Gasteiger partial charge is 0.392 e. The summed E-state index contributed by atoms with van der Waals surface area (Å²) in [6.07, 6.45) is -0.181. The smallest absolute Gasteiger partial charge is 0.244 e. The second kappa shape index (κ2) is 6.40. The van der Waals surface area contributed by atoms with E-state index in [9.17, 15) is 13.5 Å². The number of rotatable bonds is 3. The van der Waals surface area contributed by atoms with E-state index in [1.807, 2.05) is 6.92 Å². The van der Waals surface area contributed by atoms with Crippen molar-refractivity contribution in [3.05, 3.63) is 27.7 Å². The molecule has 2 rings (SSSR count). The van der Waals surface area contributed by atoms with Crippen LogP contribution in [0.4, 0.5) is 0 Å². The topological polar surface area (TPSA) is 66.8 Å². The van der Waals surface area contributed by atoms with Gasteiger partial charge >= 0.3 is 0 Å². The molecule has 2 atom stereocenters. The summed E-state index contributed by atoms with van der Waals surface area (Å²) < 4.78 is 32.4. The molecule has 1 saturated heterocycles. The van der Waals surface area contributed by atoms with Crippen LogP contribution in [0.1, 0.15) is 19.4 Å². The van der Waals surface area contributed by atoms with Gasteiger partial charge in [-0.3, -0.25) is 0 Å². The van der Waals surface area contributed by atoms with Crippen molar-refractivity contribution < 1.29 is 18.3 Å². The third-order valence-corrected chi connectivity index (χ3v) is 6.21. The SMILES string of the molecule is CC1CN(S(=O)(=O)c2cc(CO)c(Cl)cc2Cl)C(C)CO1. The minimum atomic E-state index is -3.77. The number of morpholine rings is 1. The lowest BCUT2D eigenvalue weighted by Crippen LogP contribution is -2.50. The Bertz CT molecular complexity index is 635. The van der Waals surface area contributed by atoms with Gasteiger partial charge in [0.2, 0.25) is 10.0 Å². The van der Waals surface area contributed by atoms with E-state index in [2.05, 4.69) is 0 Å². The maximum Gasteiger partial charge on any atom is 0.244 e. The van der Waals surface area contributed by atoms with Crippen LogP contribution in [0.3, 0.4) is 0 Å². The highest BCUT2D eigenvalue weighted by Gasteiger charge is 2.35. The maximum absolute atomic E-state index is 12.8. The van der Waals surface area contributed by atoms with E-state index in [0.717, 1.165) is 0 Å². The van der Waals surface area contributed by atoms with Gasteiger partial charge < -0.3 is 9.84 Å². The lowest BCUT2D eigenvalue weighted by atomic mass is 10.2. The first-order valence-corrected chi connectivity index (χ1v) is 8.69. The fourth-order valence-corrected chi connectivity index (χ4v) is 4.75. The highest BCUT2D eigenvalue weighted by molar-refractivity contribution is 7.89. The monoisotopic (exact) mass is 353 g/mol. The average Bonchev–Trinajstić information content (AvgIpc) is 2.41. The molecule has 5 nitrogen and oxygen atoms in total. The Hall–Kier alpha value is -0.370. The molecule has 1 N–H and O–H groups in total. The Kier molecular flexibility index (Phi) is 5.18. The minimum absolute atomic E-state index is 0.0430. The molecule has 0 amide bonds. The van der Waals surface area contributed by atoms with Crippen LogP contribution in [-0.4, -0.2) is 43.1 Å². The number of nitrogens with zero attached hydrogens (tertiary/aromatic N) is 1. The van der Waals surface area contributed by atoms with Crippen molar-refractivity contribution in [3.63, 3.8) is 0 Å². The number of benzene rings is 1. The number of aliphatic hydroxyl groups excluding tert-OH is 1. The van der Waals surface area contributed by atoms with Gasteiger partial charge in [-0.2, -0.15) is 4.31 Å². The summed E-state index contributed by atoms with van der Waals surface area (Å²) in [7, 11) is -3.77. The van der Waals surface area contributed by atoms with Gasteiger partial charge in [0.05, 0.1) is 24.3 Å². The molecule has 1 aromatic rings. The normalized spacial score (nSPS) is 24.2. The molecule has 0 spiro atoms. The van der Waals surface area contributed by atoms with Gasteiger partial charge in [0.25, 0.3) is 0 Å². The van der Waals surface area contributed by atoms with E-state index in [1.165, 1.54) is 16.4 Å². The van der Waals surface area contributed by atoms with Crippen molar-refractivity contribution in [1.82, 2.24) is 4.31 Å². The van der Waals surface area contributed by atoms with Crippen molar-refractivity contribution in [2.75, 3.05) is 13.2 Å². The van der Waals surface area contributed by atoms with Crippen LogP contribution in [-0.2, 0) is 21.4 Å². The zero-order valence-electron chi connectivity index (χ0n) is 11.7. The van der Waals surface area contributed by atoms with Crippen LogP contribution in [0.5, 0.6) is 0 Å². The summed E-state index contributed by atoms with van der Waals surface area (Å²) in [6, 6.07) is 2.39. The molecule has 0 saturated carbocycles. The standard InChI is InChI=1S/C13H17Cl2NO4S/c1-8-7-20-9(2)5-16(8)21(18,19)13-3-10(6-17)11(14)4-12(13)15/h3-4,8-9,17H,5-7H2,1-2H3. The van der Waals surface area contributed by atoms with Gasteiger partial charge in [-0.15, -0.1) is 0 Å². The quantitative estimate of drug-likeness (QED) is 0.905. The highest BCUT2D eigenvalue weighted by atomic mass is 35.5. The van der Waals surface area contributed by atoms with Crippen LogP contribution in [0, 0.1) is 0 Å². The highest BCUT2D eigenvalue weighted by Crippen LogP contribution is 2.32. The molecule has 1 fully saturated rings. The predicted molar refractivity (Wildman–Crippen MR) is 81.2 cm³/mol. The second-order valence-electron chi connectivity index (χ2n) is 5.10. The lowest BCUT2D eigenvalue weighted by Gasteiger charge is -2.35.